The molecule has 1 aromatic rings. The van der Waals surface area contributed by atoms with Crippen LogP contribution >= 0.6 is 0 Å². The zero-order valence-corrected chi connectivity index (χ0v) is 13.2. The fourth-order valence-electron chi connectivity index (χ4n) is 1.66. The van der Waals surface area contributed by atoms with Gasteiger partial charge in [0, 0.05) is 18.4 Å². The van der Waals surface area contributed by atoms with Crippen molar-refractivity contribution in [2.24, 2.45) is 0 Å². The first-order valence-electron chi connectivity index (χ1n) is 6.61. The molecule has 0 aliphatic heterocycles. The molecule has 0 radical (unpaired) electrons. The molecule has 116 valence electrons. The molecule has 0 saturated heterocycles. The Balaban J connectivity index is 2.81. The van der Waals surface area contributed by atoms with Gasteiger partial charge in [0.2, 0.25) is 5.91 Å². The van der Waals surface area contributed by atoms with Gasteiger partial charge < -0.3 is 10.6 Å². The van der Waals surface area contributed by atoms with Crippen molar-refractivity contribution in [2.45, 2.75) is 25.2 Å². The Morgan fingerprint density at radius 1 is 1.19 bits per heavy atom. The van der Waals surface area contributed by atoms with Crippen molar-refractivity contribution in [1.82, 2.24) is 10.6 Å². The van der Waals surface area contributed by atoms with Crippen molar-refractivity contribution in [3.05, 3.63) is 29.3 Å². The van der Waals surface area contributed by atoms with Crippen LogP contribution in [0.4, 0.5) is 0 Å². The zero-order valence-electron chi connectivity index (χ0n) is 12.4. The third-order valence-electron chi connectivity index (χ3n) is 2.86. The minimum atomic E-state index is -3.38. The van der Waals surface area contributed by atoms with Crippen LogP contribution in [-0.4, -0.2) is 39.6 Å². The third-order valence-corrected chi connectivity index (χ3v) is 3.97. The molecule has 1 aromatic carbocycles. The van der Waals surface area contributed by atoms with Gasteiger partial charge in [0.25, 0.3) is 5.91 Å². The number of hydrogen-bond donors (Lipinski definition) is 2. The summed E-state index contributed by atoms with van der Waals surface area (Å²) < 4.78 is 23.0. The van der Waals surface area contributed by atoms with Gasteiger partial charge in [-0.3, -0.25) is 9.59 Å². The smallest absolute Gasteiger partial charge is 0.252 e. The Morgan fingerprint density at radius 3 is 2.43 bits per heavy atom. The largest absolute Gasteiger partial charge is 0.355 e. The summed E-state index contributed by atoms with van der Waals surface area (Å²) in [5.41, 5.74) is 0.898. The van der Waals surface area contributed by atoms with E-state index >= 15 is 0 Å². The van der Waals surface area contributed by atoms with E-state index in [2.05, 4.69) is 10.6 Å². The van der Waals surface area contributed by atoms with Gasteiger partial charge in [-0.25, -0.2) is 8.42 Å². The summed E-state index contributed by atoms with van der Waals surface area (Å²) in [5, 5.41) is 5.12. The molecule has 6 nitrogen and oxygen atoms in total. The van der Waals surface area contributed by atoms with E-state index in [1.54, 1.807) is 13.0 Å². The number of carbonyl (C=O) groups is 2. The number of hydrogen-bond acceptors (Lipinski definition) is 4. The van der Waals surface area contributed by atoms with E-state index in [9.17, 15) is 18.0 Å². The fraction of sp³-hybridized carbons (Fsp3) is 0.429. The standard InChI is InChI=1S/C14H20N2O4S/c1-4-7-15-13(17)9-16-14(18)12-8-11(21(3,19)20)6-5-10(12)2/h5-6,8H,4,7,9H2,1-3H3,(H,15,17)(H,16,18). The van der Waals surface area contributed by atoms with Crippen LogP contribution < -0.4 is 10.6 Å². The Morgan fingerprint density at radius 2 is 1.86 bits per heavy atom. The monoisotopic (exact) mass is 312 g/mol. The molecule has 2 N–H and O–H groups in total. The lowest BCUT2D eigenvalue weighted by Gasteiger charge is -2.09. The van der Waals surface area contributed by atoms with Crippen molar-refractivity contribution >= 4 is 21.7 Å². The van der Waals surface area contributed by atoms with Gasteiger partial charge in [-0.15, -0.1) is 0 Å². The lowest BCUT2D eigenvalue weighted by molar-refractivity contribution is -0.120. The molecule has 7 heteroatoms. The first kappa shape index (κ1) is 17.2. The number of nitrogens with one attached hydrogen (secondary N) is 2. The van der Waals surface area contributed by atoms with E-state index in [0.717, 1.165) is 12.7 Å². The second-order valence-electron chi connectivity index (χ2n) is 4.78. The van der Waals surface area contributed by atoms with Gasteiger partial charge in [0.05, 0.1) is 11.4 Å². The first-order chi connectivity index (χ1) is 9.75. The summed E-state index contributed by atoms with van der Waals surface area (Å²) in [6, 6.07) is 4.35. The highest BCUT2D eigenvalue weighted by molar-refractivity contribution is 7.90. The highest BCUT2D eigenvalue weighted by atomic mass is 32.2. The van der Waals surface area contributed by atoms with Crippen LogP contribution in [0.1, 0.15) is 29.3 Å². The van der Waals surface area contributed by atoms with E-state index < -0.39 is 15.7 Å². The molecule has 0 aliphatic rings. The normalized spacial score (nSPS) is 11.0. The summed E-state index contributed by atoms with van der Waals surface area (Å²) in [6.45, 7) is 4.05. The van der Waals surface area contributed by atoms with Crippen molar-refractivity contribution in [1.29, 1.82) is 0 Å². The molecule has 0 bridgehead atoms. The van der Waals surface area contributed by atoms with Crippen LogP contribution in [0.2, 0.25) is 0 Å². The number of benzene rings is 1. The van der Waals surface area contributed by atoms with Crippen LogP contribution in [0.25, 0.3) is 0 Å². The van der Waals surface area contributed by atoms with Gasteiger partial charge in [0.15, 0.2) is 9.84 Å². The second kappa shape index (κ2) is 7.21. The summed E-state index contributed by atoms with van der Waals surface area (Å²) in [4.78, 5) is 23.5. The SMILES string of the molecule is CCCNC(=O)CNC(=O)c1cc(S(C)(=O)=O)ccc1C. The minimum Gasteiger partial charge on any atom is -0.355 e. The van der Waals surface area contributed by atoms with Gasteiger partial charge >= 0.3 is 0 Å². The molecule has 2 amide bonds. The summed E-state index contributed by atoms with van der Waals surface area (Å²) >= 11 is 0. The van der Waals surface area contributed by atoms with Crippen LogP contribution in [0, 0.1) is 6.92 Å². The maximum absolute atomic E-state index is 12.0. The highest BCUT2D eigenvalue weighted by Gasteiger charge is 2.15. The van der Waals surface area contributed by atoms with Crippen molar-refractivity contribution in [3.63, 3.8) is 0 Å². The molecule has 0 fully saturated rings. The van der Waals surface area contributed by atoms with E-state index in [1.165, 1.54) is 12.1 Å². The predicted octanol–water partition coefficient (Wildman–Crippen LogP) is 0.655. The van der Waals surface area contributed by atoms with Gasteiger partial charge in [-0.1, -0.05) is 13.0 Å². The number of amides is 2. The molecular formula is C14H20N2O4S. The Labute approximate surface area is 124 Å². The highest BCUT2D eigenvalue weighted by Crippen LogP contribution is 2.15. The van der Waals surface area contributed by atoms with E-state index in [4.69, 9.17) is 0 Å². The lowest BCUT2D eigenvalue weighted by Crippen LogP contribution is -2.37. The van der Waals surface area contributed by atoms with Crippen molar-refractivity contribution in [2.75, 3.05) is 19.3 Å². The quantitative estimate of drug-likeness (QED) is 0.807. The average Bonchev–Trinajstić information content (AvgIpc) is 2.41. The molecule has 0 spiro atoms. The molecule has 0 heterocycles. The van der Waals surface area contributed by atoms with E-state index in [1.807, 2.05) is 6.92 Å². The number of rotatable bonds is 6. The van der Waals surface area contributed by atoms with E-state index in [0.29, 0.717) is 12.1 Å². The molecule has 0 unspecified atom stereocenters. The zero-order chi connectivity index (χ0) is 16.0. The molecule has 0 aromatic heterocycles. The summed E-state index contributed by atoms with van der Waals surface area (Å²) in [6.07, 6.45) is 1.90. The molecule has 0 atom stereocenters. The second-order valence-corrected chi connectivity index (χ2v) is 6.80. The van der Waals surface area contributed by atoms with Crippen molar-refractivity contribution < 1.29 is 18.0 Å². The van der Waals surface area contributed by atoms with Crippen LogP contribution in [-0.2, 0) is 14.6 Å². The summed E-state index contributed by atoms with van der Waals surface area (Å²) in [7, 11) is -3.38. The molecule has 0 aliphatic carbocycles. The van der Waals surface area contributed by atoms with Gasteiger partial charge in [-0.05, 0) is 31.0 Å². The predicted molar refractivity (Wildman–Crippen MR) is 79.9 cm³/mol. The van der Waals surface area contributed by atoms with Crippen LogP contribution in [0.15, 0.2) is 23.1 Å². The van der Waals surface area contributed by atoms with Gasteiger partial charge in [-0.2, -0.15) is 0 Å². The minimum absolute atomic E-state index is 0.0775. The fourth-order valence-corrected chi connectivity index (χ4v) is 2.31. The lowest BCUT2D eigenvalue weighted by atomic mass is 10.1. The number of carbonyl (C=O) groups excluding carboxylic acids is 2. The van der Waals surface area contributed by atoms with Crippen LogP contribution in [0.5, 0.6) is 0 Å². The molecule has 1 rings (SSSR count). The molecular weight excluding hydrogens is 292 g/mol. The van der Waals surface area contributed by atoms with Gasteiger partial charge in [0.1, 0.15) is 0 Å². The maximum atomic E-state index is 12.0. The maximum Gasteiger partial charge on any atom is 0.252 e. The topological polar surface area (TPSA) is 92.3 Å². The van der Waals surface area contributed by atoms with E-state index in [-0.39, 0.29) is 22.9 Å². The van der Waals surface area contributed by atoms with Crippen molar-refractivity contribution in [3.8, 4) is 0 Å². The molecule has 21 heavy (non-hydrogen) atoms. The Hall–Kier alpha value is -1.89. The van der Waals surface area contributed by atoms with Crippen LogP contribution in [0.3, 0.4) is 0 Å². The Kier molecular flexibility index (Phi) is 5.90. The average molecular weight is 312 g/mol. The molecule has 0 saturated carbocycles. The number of aryl methyl sites for hydroxylation is 1. The third kappa shape index (κ3) is 5.18. The summed E-state index contributed by atoms with van der Waals surface area (Å²) in [5.74, 6) is -0.744. The first-order valence-corrected chi connectivity index (χ1v) is 8.50. The number of sulfone groups is 1. The Bertz CT molecular complexity index is 638.